The molecule has 0 aromatic carbocycles. The zero-order valence-electron chi connectivity index (χ0n) is 14.5. The van der Waals surface area contributed by atoms with Gasteiger partial charge in [-0.1, -0.05) is 27.7 Å². The Morgan fingerprint density at radius 1 is 1.19 bits per heavy atom. The van der Waals surface area contributed by atoms with Gasteiger partial charge in [-0.3, -0.25) is 0 Å². The molecule has 0 aliphatic heterocycles. The second kappa shape index (κ2) is 7.59. The van der Waals surface area contributed by atoms with E-state index < -0.39 is 0 Å². The first-order valence-corrected chi connectivity index (χ1v) is 7.60. The molecule has 1 aromatic heterocycles. The summed E-state index contributed by atoms with van der Waals surface area (Å²) in [6.07, 6.45) is 1.01. The average molecular weight is 294 g/mol. The van der Waals surface area contributed by atoms with Gasteiger partial charge in [0, 0.05) is 38.8 Å². The van der Waals surface area contributed by atoms with Crippen LogP contribution in [0.5, 0.6) is 0 Å². The van der Waals surface area contributed by atoms with Crippen molar-refractivity contribution in [3.8, 4) is 0 Å². The van der Waals surface area contributed by atoms with E-state index in [4.69, 9.17) is 4.74 Å². The maximum Gasteiger partial charge on any atom is 0.135 e. The highest BCUT2D eigenvalue weighted by Crippen LogP contribution is 2.25. The lowest BCUT2D eigenvalue weighted by Gasteiger charge is -2.26. The summed E-state index contributed by atoms with van der Waals surface area (Å²) in [5, 5.41) is 6.64. The van der Waals surface area contributed by atoms with E-state index in [9.17, 15) is 0 Å². The zero-order chi connectivity index (χ0) is 16.0. The standard InChI is InChI=1S/C16H30N4O/c1-11(2)13-19-14(17-6)12(3)15(20-13)18-10-16(4,5)8-9-21-7/h11H,8-10H2,1-7H3,(H2,17,18,19,20). The van der Waals surface area contributed by atoms with Gasteiger partial charge in [0.1, 0.15) is 17.5 Å². The quantitative estimate of drug-likeness (QED) is 0.769. The van der Waals surface area contributed by atoms with Gasteiger partial charge in [-0.25, -0.2) is 9.97 Å². The Balaban J connectivity index is 2.89. The Bertz CT molecular complexity index is 458. The van der Waals surface area contributed by atoms with Crippen LogP contribution in [-0.4, -0.2) is 37.3 Å². The SMILES string of the molecule is CNc1nc(C(C)C)nc(NCC(C)(C)CCOC)c1C. The monoisotopic (exact) mass is 294 g/mol. The van der Waals surface area contributed by atoms with Crippen LogP contribution in [0.25, 0.3) is 0 Å². The Morgan fingerprint density at radius 2 is 1.81 bits per heavy atom. The average Bonchev–Trinajstić information content (AvgIpc) is 2.44. The first kappa shape index (κ1) is 17.7. The van der Waals surface area contributed by atoms with Crippen LogP contribution < -0.4 is 10.6 Å². The van der Waals surface area contributed by atoms with Crippen molar-refractivity contribution in [1.29, 1.82) is 0 Å². The molecule has 5 nitrogen and oxygen atoms in total. The molecule has 0 radical (unpaired) electrons. The molecular formula is C16H30N4O. The fraction of sp³-hybridized carbons (Fsp3) is 0.750. The second-order valence-electron chi connectivity index (χ2n) is 6.57. The highest BCUT2D eigenvalue weighted by atomic mass is 16.5. The van der Waals surface area contributed by atoms with Gasteiger partial charge in [-0.05, 0) is 18.8 Å². The van der Waals surface area contributed by atoms with Crippen molar-refractivity contribution in [3.63, 3.8) is 0 Å². The van der Waals surface area contributed by atoms with Crippen LogP contribution in [0.4, 0.5) is 11.6 Å². The molecule has 1 heterocycles. The normalized spacial score (nSPS) is 11.8. The molecule has 0 aliphatic carbocycles. The molecule has 0 bridgehead atoms. The van der Waals surface area contributed by atoms with E-state index in [0.29, 0.717) is 5.92 Å². The maximum atomic E-state index is 5.18. The van der Waals surface area contributed by atoms with Crippen LogP contribution in [0.2, 0.25) is 0 Å². The van der Waals surface area contributed by atoms with E-state index in [2.05, 4.69) is 48.3 Å². The predicted octanol–water partition coefficient (Wildman–Crippen LogP) is 3.42. The van der Waals surface area contributed by atoms with Crippen LogP contribution in [0, 0.1) is 12.3 Å². The molecule has 0 spiro atoms. The summed E-state index contributed by atoms with van der Waals surface area (Å²) in [5.41, 5.74) is 1.22. The van der Waals surface area contributed by atoms with Gasteiger partial charge < -0.3 is 15.4 Å². The van der Waals surface area contributed by atoms with Crippen molar-refractivity contribution in [2.24, 2.45) is 5.41 Å². The van der Waals surface area contributed by atoms with Crippen molar-refractivity contribution in [1.82, 2.24) is 9.97 Å². The van der Waals surface area contributed by atoms with Crippen LogP contribution in [-0.2, 0) is 4.74 Å². The number of methoxy groups -OCH3 is 1. The first-order valence-electron chi connectivity index (χ1n) is 7.60. The molecule has 1 aromatic rings. The number of rotatable bonds is 8. The Morgan fingerprint density at radius 3 is 2.33 bits per heavy atom. The van der Waals surface area contributed by atoms with Crippen molar-refractivity contribution < 1.29 is 4.74 Å². The van der Waals surface area contributed by atoms with Crippen LogP contribution in [0.1, 0.15) is 51.4 Å². The summed E-state index contributed by atoms with van der Waals surface area (Å²) in [6, 6.07) is 0. The molecule has 0 fully saturated rings. The minimum absolute atomic E-state index is 0.158. The van der Waals surface area contributed by atoms with Gasteiger partial charge in [0.25, 0.3) is 0 Å². The Kier molecular flexibility index (Phi) is 6.40. The van der Waals surface area contributed by atoms with Gasteiger partial charge in [-0.15, -0.1) is 0 Å². The Labute approximate surface area is 128 Å². The van der Waals surface area contributed by atoms with E-state index in [-0.39, 0.29) is 5.41 Å². The van der Waals surface area contributed by atoms with Crippen molar-refractivity contribution >= 4 is 11.6 Å². The lowest BCUT2D eigenvalue weighted by molar-refractivity contribution is 0.157. The van der Waals surface area contributed by atoms with Gasteiger partial charge in [0.05, 0.1) is 0 Å². The summed E-state index contributed by atoms with van der Waals surface area (Å²) in [5.74, 6) is 2.98. The molecule has 2 N–H and O–H groups in total. The summed E-state index contributed by atoms with van der Waals surface area (Å²) < 4.78 is 5.18. The second-order valence-corrected chi connectivity index (χ2v) is 6.57. The number of nitrogens with zero attached hydrogens (tertiary/aromatic N) is 2. The molecule has 21 heavy (non-hydrogen) atoms. The lowest BCUT2D eigenvalue weighted by Crippen LogP contribution is -2.25. The minimum atomic E-state index is 0.158. The topological polar surface area (TPSA) is 59.1 Å². The maximum absolute atomic E-state index is 5.18. The van der Waals surface area contributed by atoms with Crippen LogP contribution in [0.3, 0.4) is 0 Å². The smallest absolute Gasteiger partial charge is 0.135 e. The van der Waals surface area contributed by atoms with Crippen molar-refractivity contribution in [2.75, 3.05) is 37.9 Å². The molecule has 0 saturated heterocycles. The van der Waals surface area contributed by atoms with Crippen LogP contribution in [0.15, 0.2) is 0 Å². The molecular weight excluding hydrogens is 264 g/mol. The number of ether oxygens (including phenoxy) is 1. The van der Waals surface area contributed by atoms with E-state index in [0.717, 1.165) is 42.6 Å². The third-order valence-electron chi connectivity index (χ3n) is 3.63. The first-order chi connectivity index (χ1) is 9.80. The summed E-state index contributed by atoms with van der Waals surface area (Å²) in [6.45, 7) is 12.4. The lowest BCUT2D eigenvalue weighted by atomic mass is 9.89. The highest BCUT2D eigenvalue weighted by molar-refractivity contribution is 5.57. The van der Waals surface area contributed by atoms with Gasteiger partial charge in [0.15, 0.2) is 0 Å². The van der Waals surface area contributed by atoms with Crippen LogP contribution >= 0.6 is 0 Å². The largest absolute Gasteiger partial charge is 0.385 e. The van der Waals surface area contributed by atoms with Crippen molar-refractivity contribution in [2.45, 2.75) is 47.0 Å². The number of nitrogens with one attached hydrogen (secondary N) is 2. The van der Waals surface area contributed by atoms with E-state index in [1.165, 1.54) is 0 Å². The molecule has 0 unspecified atom stereocenters. The minimum Gasteiger partial charge on any atom is -0.385 e. The van der Waals surface area contributed by atoms with E-state index in [1.807, 2.05) is 14.0 Å². The molecule has 0 saturated carbocycles. The van der Waals surface area contributed by atoms with Crippen molar-refractivity contribution in [3.05, 3.63) is 11.4 Å². The summed E-state index contributed by atoms with van der Waals surface area (Å²) >= 11 is 0. The molecule has 0 atom stereocenters. The third kappa shape index (κ3) is 5.16. The fourth-order valence-corrected chi connectivity index (χ4v) is 2.00. The number of aromatic nitrogens is 2. The number of anilines is 2. The van der Waals surface area contributed by atoms with Gasteiger partial charge in [-0.2, -0.15) is 0 Å². The molecule has 0 aliphatic rings. The zero-order valence-corrected chi connectivity index (χ0v) is 14.5. The Hall–Kier alpha value is -1.36. The highest BCUT2D eigenvalue weighted by Gasteiger charge is 2.19. The molecule has 1 rings (SSSR count). The predicted molar refractivity (Wildman–Crippen MR) is 89.2 cm³/mol. The molecule has 120 valence electrons. The fourth-order valence-electron chi connectivity index (χ4n) is 2.00. The van der Waals surface area contributed by atoms with E-state index >= 15 is 0 Å². The third-order valence-corrected chi connectivity index (χ3v) is 3.63. The number of hydrogen-bond donors (Lipinski definition) is 2. The van der Waals surface area contributed by atoms with Gasteiger partial charge >= 0.3 is 0 Å². The number of hydrogen-bond acceptors (Lipinski definition) is 5. The molecule has 5 heteroatoms. The van der Waals surface area contributed by atoms with Gasteiger partial charge in [0.2, 0.25) is 0 Å². The van der Waals surface area contributed by atoms with E-state index in [1.54, 1.807) is 7.11 Å². The molecule has 0 amide bonds. The summed E-state index contributed by atoms with van der Waals surface area (Å²) in [4.78, 5) is 9.23. The summed E-state index contributed by atoms with van der Waals surface area (Å²) in [7, 11) is 3.64.